The van der Waals surface area contributed by atoms with Crippen LogP contribution in [0.5, 0.6) is 0 Å². The van der Waals surface area contributed by atoms with E-state index in [2.05, 4.69) is 24.9 Å². The molecule has 1 rings (SSSR count). The molecule has 0 saturated carbocycles. The van der Waals surface area contributed by atoms with Gasteiger partial charge in [0.2, 0.25) is 0 Å². The van der Waals surface area contributed by atoms with Crippen LogP contribution in [0.1, 0.15) is 32.6 Å². The van der Waals surface area contributed by atoms with Crippen LogP contribution in [0.3, 0.4) is 0 Å². The predicted molar refractivity (Wildman–Crippen MR) is 54.7 cm³/mol. The van der Waals surface area contributed by atoms with Crippen LogP contribution < -0.4 is 5.32 Å². The summed E-state index contributed by atoms with van der Waals surface area (Å²) in [5, 5.41) is 3.37. The number of thiol groups is 1. The van der Waals surface area contributed by atoms with Crippen molar-refractivity contribution < 1.29 is 4.74 Å². The maximum Gasteiger partial charge on any atom is 0.135 e. The first-order valence-electron chi connectivity index (χ1n) is 4.88. The summed E-state index contributed by atoms with van der Waals surface area (Å²) >= 11 is 4.16. The summed E-state index contributed by atoms with van der Waals surface area (Å²) in [6.45, 7) is 3.32. The van der Waals surface area contributed by atoms with Crippen molar-refractivity contribution in [3.63, 3.8) is 0 Å². The highest BCUT2D eigenvalue weighted by Gasteiger charge is 2.36. The molecule has 12 heavy (non-hydrogen) atoms. The van der Waals surface area contributed by atoms with Gasteiger partial charge in [-0.05, 0) is 25.1 Å². The van der Waals surface area contributed by atoms with Crippen LogP contribution in [0.2, 0.25) is 0 Å². The fourth-order valence-electron chi connectivity index (χ4n) is 1.29. The lowest BCUT2D eigenvalue weighted by atomic mass is 10.2. The largest absolute Gasteiger partial charge is 0.353 e. The molecule has 2 nitrogen and oxygen atoms in total. The van der Waals surface area contributed by atoms with Gasteiger partial charge >= 0.3 is 0 Å². The van der Waals surface area contributed by atoms with Crippen LogP contribution in [0.15, 0.2) is 0 Å². The standard InChI is InChI=1S/C9H19NOS/c1-2-3-4-6-10-9-8(11-9)5-7-12/h8-10,12H,2-7H2,1H3. The average molecular weight is 189 g/mol. The number of nitrogens with one attached hydrogen (secondary N) is 1. The Balaban J connectivity index is 1.83. The number of unbranched alkanes of at least 4 members (excludes halogenated alkanes) is 2. The quantitative estimate of drug-likeness (QED) is 0.363. The fourth-order valence-corrected chi connectivity index (χ4v) is 1.54. The van der Waals surface area contributed by atoms with Gasteiger partial charge in [0.15, 0.2) is 0 Å². The molecule has 1 saturated heterocycles. The summed E-state index contributed by atoms with van der Waals surface area (Å²) in [6.07, 6.45) is 5.74. The van der Waals surface area contributed by atoms with Crippen molar-refractivity contribution in [2.75, 3.05) is 12.3 Å². The fraction of sp³-hybridized carbons (Fsp3) is 1.00. The summed E-state index contributed by atoms with van der Waals surface area (Å²) in [7, 11) is 0. The lowest BCUT2D eigenvalue weighted by Gasteiger charge is -1.98. The van der Waals surface area contributed by atoms with Gasteiger partial charge in [-0.3, -0.25) is 5.32 Å². The van der Waals surface area contributed by atoms with Crippen molar-refractivity contribution in [2.24, 2.45) is 0 Å². The molecule has 0 aromatic heterocycles. The molecule has 1 aliphatic heterocycles. The minimum atomic E-state index is 0.342. The van der Waals surface area contributed by atoms with E-state index in [4.69, 9.17) is 4.74 Å². The summed E-state index contributed by atoms with van der Waals surface area (Å²) in [6, 6.07) is 0. The smallest absolute Gasteiger partial charge is 0.135 e. The van der Waals surface area contributed by atoms with Crippen molar-refractivity contribution in [3.05, 3.63) is 0 Å². The Morgan fingerprint density at radius 3 is 2.92 bits per heavy atom. The summed E-state index contributed by atoms with van der Waals surface area (Å²) in [5.41, 5.74) is 0. The minimum Gasteiger partial charge on any atom is -0.353 e. The highest BCUT2D eigenvalue weighted by Crippen LogP contribution is 2.22. The molecule has 0 amide bonds. The van der Waals surface area contributed by atoms with E-state index in [-0.39, 0.29) is 0 Å². The van der Waals surface area contributed by atoms with Crippen LogP contribution >= 0.6 is 12.6 Å². The Hall–Kier alpha value is 0.270. The molecule has 1 N–H and O–H groups in total. The highest BCUT2D eigenvalue weighted by atomic mass is 32.1. The average Bonchev–Trinajstić information content (AvgIpc) is 2.79. The van der Waals surface area contributed by atoms with E-state index in [1.807, 2.05) is 0 Å². The highest BCUT2D eigenvalue weighted by molar-refractivity contribution is 7.80. The number of hydrogen-bond donors (Lipinski definition) is 2. The minimum absolute atomic E-state index is 0.342. The maximum absolute atomic E-state index is 5.38. The molecule has 0 aliphatic carbocycles. The predicted octanol–water partition coefficient (Wildman–Crippen LogP) is 1.81. The van der Waals surface area contributed by atoms with Crippen molar-refractivity contribution >= 4 is 12.6 Å². The zero-order chi connectivity index (χ0) is 8.81. The molecule has 72 valence electrons. The first kappa shape index (κ1) is 10.4. The second kappa shape index (κ2) is 5.84. The third-order valence-corrected chi connectivity index (χ3v) is 2.38. The van der Waals surface area contributed by atoms with Gasteiger partial charge in [0.25, 0.3) is 0 Å². The van der Waals surface area contributed by atoms with Gasteiger partial charge in [-0.1, -0.05) is 19.8 Å². The molecular weight excluding hydrogens is 170 g/mol. The van der Waals surface area contributed by atoms with E-state index in [0.717, 1.165) is 18.7 Å². The summed E-state index contributed by atoms with van der Waals surface area (Å²) < 4.78 is 5.38. The zero-order valence-corrected chi connectivity index (χ0v) is 8.65. The number of hydrogen-bond acceptors (Lipinski definition) is 3. The molecule has 3 heteroatoms. The van der Waals surface area contributed by atoms with E-state index >= 15 is 0 Å². The first-order valence-corrected chi connectivity index (χ1v) is 5.51. The van der Waals surface area contributed by atoms with Gasteiger partial charge in [0, 0.05) is 0 Å². The third-order valence-electron chi connectivity index (χ3n) is 2.12. The van der Waals surface area contributed by atoms with Crippen LogP contribution in [-0.4, -0.2) is 24.6 Å². The summed E-state index contributed by atoms with van der Waals surface area (Å²) in [4.78, 5) is 0. The first-order chi connectivity index (χ1) is 5.88. The molecule has 0 radical (unpaired) electrons. The Morgan fingerprint density at radius 1 is 1.42 bits per heavy atom. The van der Waals surface area contributed by atoms with E-state index in [1.54, 1.807) is 0 Å². The van der Waals surface area contributed by atoms with Gasteiger partial charge in [0.05, 0.1) is 6.10 Å². The second-order valence-corrected chi connectivity index (χ2v) is 3.72. The number of rotatable bonds is 7. The monoisotopic (exact) mass is 189 g/mol. The molecule has 0 bridgehead atoms. The molecule has 0 spiro atoms. The van der Waals surface area contributed by atoms with Crippen LogP contribution in [0.4, 0.5) is 0 Å². The Morgan fingerprint density at radius 2 is 2.25 bits per heavy atom. The molecule has 2 unspecified atom stereocenters. The molecule has 2 atom stereocenters. The van der Waals surface area contributed by atoms with Crippen molar-refractivity contribution in [1.82, 2.24) is 5.32 Å². The Labute approximate surface area is 80.5 Å². The number of ether oxygens (including phenoxy) is 1. The van der Waals surface area contributed by atoms with Crippen molar-refractivity contribution in [3.8, 4) is 0 Å². The third kappa shape index (κ3) is 3.78. The molecule has 1 fully saturated rings. The second-order valence-electron chi connectivity index (χ2n) is 3.27. The lowest BCUT2D eigenvalue weighted by molar-refractivity contribution is 0.341. The molecule has 1 heterocycles. The normalized spacial score (nSPS) is 27.5. The molecule has 0 aromatic rings. The van der Waals surface area contributed by atoms with E-state index in [0.29, 0.717) is 12.3 Å². The maximum atomic E-state index is 5.38. The number of epoxide rings is 1. The van der Waals surface area contributed by atoms with Crippen molar-refractivity contribution in [1.29, 1.82) is 0 Å². The van der Waals surface area contributed by atoms with Gasteiger partial charge in [0.1, 0.15) is 6.23 Å². The summed E-state index contributed by atoms with van der Waals surface area (Å²) in [5.74, 6) is 0.928. The van der Waals surface area contributed by atoms with Crippen molar-refractivity contribution in [2.45, 2.75) is 44.9 Å². The Bertz CT molecular complexity index is 121. The van der Waals surface area contributed by atoms with E-state index in [9.17, 15) is 0 Å². The molecule has 1 aliphatic rings. The van der Waals surface area contributed by atoms with Crippen LogP contribution in [0.25, 0.3) is 0 Å². The molecule has 0 aromatic carbocycles. The zero-order valence-electron chi connectivity index (χ0n) is 7.75. The van der Waals surface area contributed by atoms with Crippen LogP contribution in [0, 0.1) is 0 Å². The Kier molecular flexibility index (Phi) is 5.04. The SMILES string of the molecule is CCCCCNC1OC1CCS. The lowest BCUT2D eigenvalue weighted by Crippen LogP contribution is -2.21. The molecular formula is C9H19NOS. The topological polar surface area (TPSA) is 24.6 Å². The van der Waals surface area contributed by atoms with Gasteiger partial charge in [-0.2, -0.15) is 12.6 Å². The van der Waals surface area contributed by atoms with Gasteiger partial charge in [-0.25, -0.2) is 0 Å². The van der Waals surface area contributed by atoms with E-state index in [1.165, 1.54) is 19.3 Å². The van der Waals surface area contributed by atoms with Gasteiger partial charge in [-0.15, -0.1) is 0 Å². The van der Waals surface area contributed by atoms with Gasteiger partial charge < -0.3 is 4.74 Å². The van der Waals surface area contributed by atoms with Crippen LogP contribution in [-0.2, 0) is 4.74 Å². The van der Waals surface area contributed by atoms with E-state index < -0.39 is 0 Å².